The largest absolute Gasteiger partial charge is 0.352 e. The van der Waals surface area contributed by atoms with Crippen molar-refractivity contribution in [2.24, 2.45) is 0 Å². The summed E-state index contributed by atoms with van der Waals surface area (Å²) in [6.45, 7) is 5.31. The molecule has 0 bridgehead atoms. The van der Waals surface area contributed by atoms with Crippen LogP contribution in [-0.4, -0.2) is 22.9 Å². The summed E-state index contributed by atoms with van der Waals surface area (Å²) in [7, 11) is 0. The number of rotatable bonds is 4. The Morgan fingerprint density at radius 3 is 2.71 bits per heavy atom. The highest BCUT2D eigenvalue weighted by molar-refractivity contribution is 9.10. The molecule has 0 saturated heterocycles. The smallest absolute Gasteiger partial charge is 0.143 e. The maximum Gasteiger partial charge on any atom is 0.143 e. The van der Waals surface area contributed by atoms with Gasteiger partial charge in [0.25, 0.3) is 0 Å². The Hall–Kier alpha value is -0.0900. The van der Waals surface area contributed by atoms with Gasteiger partial charge < -0.3 is 4.90 Å². The van der Waals surface area contributed by atoms with E-state index in [0.717, 1.165) is 22.2 Å². The van der Waals surface area contributed by atoms with Crippen LogP contribution < -0.4 is 4.90 Å². The molecule has 0 saturated carbocycles. The molecule has 0 aromatic carbocycles. The van der Waals surface area contributed by atoms with Gasteiger partial charge in [-0.2, -0.15) is 0 Å². The molecule has 0 spiro atoms. The molecule has 0 amide bonds. The number of nitrogens with zero attached hydrogens (tertiary/aromatic N) is 2. The van der Waals surface area contributed by atoms with Crippen LogP contribution in [0.2, 0.25) is 0 Å². The molecule has 0 aliphatic rings. The van der Waals surface area contributed by atoms with Gasteiger partial charge in [0.2, 0.25) is 0 Å². The summed E-state index contributed by atoms with van der Waals surface area (Å²) in [5.74, 6) is 1.02. The van der Waals surface area contributed by atoms with Gasteiger partial charge in [0.15, 0.2) is 0 Å². The van der Waals surface area contributed by atoms with E-state index < -0.39 is 0 Å². The van der Waals surface area contributed by atoms with Crippen LogP contribution >= 0.6 is 31.9 Å². The molecule has 78 valence electrons. The van der Waals surface area contributed by atoms with Crippen LogP contribution in [0.3, 0.4) is 0 Å². The van der Waals surface area contributed by atoms with Crippen LogP contribution in [0.15, 0.2) is 22.8 Å². The lowest BCUT2D eigenvalue weighted by atomic mass is 10.3. The molecule has 2 nitrogen and oxygen atoms in total. The Labute approximate surface area is 102 Å². The minimum Gasteiger partial charge on any atom is -0.352 e. The van der Waals surface area contributed by atoms with Crippen molar-refractivity contribution < 1.29 is 0 Å². The fourth-order valence-electron chi connectivity index (χ4n) is 1.29. The summed E-state index contributed by atoms with van der Waals surface area (Å²) in [5, 5.41) is 0.953. The van der Waals surface area contributed by atoms with E-state index in [9.17, 15) is 0 Å². The fourth-order valence-corrected chi connectivity index (χ4v) is 2.15. The summed E-state index contributed by atoms with van der Waals surface area (Å²) < 4.78 is 1.05. The van der Waals surface area contributed by atoms with E-state index in [2.05, 4.69) is 55.6 Å². The third-order valence-electron chi connectivity index (χ3n) is 1.96. The van der Waals surface area contributed by atoms with Crippen molar-refractivity contribution >= 4 is 37.7 Å². The van der Waals surface area contributed by atoms with Gasteiger partial charge in [0.1, 0.15) is 5.82 Å². The topological polar surface area (TPSA) is 16.1 Å². The Balaban J connectivity index is 2.93. The van der Waals surface area contributed by atoms with Gasteiger partial charge in [-0.05, 0) is 41.9 Å². The van der Waals surface area contributed by atoms with Crippen LogP contribution in [-0.2, 0) is 0 Å². The first-order valence-electron chi connectivity index (χ1n) is 4.60. The predicted molar refractivity (Wildman–Crippen MR) is 68.2 cm³/mol. The molecule has 0 unspecified atom stereocenters. The van der Waals surface area contributed by atoms with Crippen molar-refractivity contribution in [1.82, 2.24) is 4.98 Å². The van der Waals surface area contributed by atoms with Gasteiger partial charge >= 0.3 is 0 Å². The lowest BCUT2D eigenvalue weighted by Gasteiger charge is -2.27. The summed E-state index contributed by atoms with van der Waals surface area (Å²) >= 11 is 6.97. The number of alkyl halides is 1. The molecule has 1 heterocycles. The molecule has 0 atom stereocenters. The summed E-state index contributed by atoms with van der Waals surface area (Å²) in [6, 6.07) is 4.41. The van der Waals surface area contributed by atoms with Gasteiger partial charge in [-0.15, -0.1) is 0 Å². The highest BCUT2D eigenvalue weighted by Crippen LogP contribution is 2.24. The average molecular weight is 322 g/mol. The second-order valence-electron chi connectivity index (χ2n) is 3.28. The zero-order valence-electron chi connectivity index (χ0n) is 8.37. The van der Waals surface area contributed by atoms with Crippen LogP contribution in [0, 0.1) is 0 Å². The normalized spacial score (nSPS) is 10.6. The molecule has 0 N–H and O–H groups in total. The molecular weight excluding hydrogens is 308 g/mol. The Bertz CT molecular complexity index is 289. The highest BCUT2D eigenvalue weighted by atomic mass is 79.9. The van der Waals surface area contributed by atoms with Crippen molar-refractivity contribution in [2.75, 3.05) is 16.8 Å². The van der Waals surface area contributed by atoms with Gasteiger partial charge in [-0.3, -0.25) is 0 Å². The maximum absolute atomic E-state index is 4.38. The van der Waals surface area contributed by atoms with Crippen LogP contribution in [0.25, 0.3) is 0 Å². The van der Waals surface area contributed by atoms with E-state index in [1.165, 1.54) is 0 Å². The van der Waals surface area contributed by atoms with Gasteiger partial charge in [0, 0.05) is 24.1 Å². The molecule has 0 aliphatic carbocycles. The van der Waals surface area contributed by atoms with Crippen LogP contribution in [0.1, 0.15) is 13.8 Å². The molecular formula is C10H14Br2N2. The molecule has 1 aromatic heterocycles. The molecule has 0 fully saturated rings. The average Bonchev–Trinajstić information content (AvgIpc) is 2.15. The van der Waals surface area contributed by atoms with Gasteiger partial charge in [-0.25, -0.2) is 4.98 Å². The van der Waals surface area contributed by atoms with Crippen molar-refractivity contribution in [3.63, 3.8) is 0 Å². The lowest BCUT2D eigenvalue weighted by molar-refractivity contribution is 0.696. The number of anilines is 1. The first-order chi connectivity index (χ1) is 6.66. The van der Waals surface area contributed by atoms with Crippen molar-refractivity contribution in [2.45, 2.75) is 19.9 Å². The second kappa shape index (κ2) is 5.71. The van der Waals surface area contributed by atoms with Gasteiger partial charge in [0.05, 0.1) is 4.47 Å². The molecule has 14 heavy (non-hydrogen) atoms. The van der Waals surface area contributed by atoms with E-state index in [1.54, 1.807) is 0 Å². The van der Waals surface area contributed by atoms with Crippen LogP contribution in [0.4, 0.5) is 5.82 Å². The predicted octanol–water partition coefficient (Wildman–Crippen LogP) is 3.45. The zero-order valence-corrected chi connectivity index (χ0v) is 11.5. The molecule has 0 aliphatic heterocycles. The first-order valence-corrected chi connectivity index (χ1v) is 6.51. The lowest BCUT2D eigenvalue weighted by Crippen LogP contribution is -2.33. The Morgan fingerprint density at radius 2 is 2.21 bits per heavy atom. The van der Waals surface area contributed by atoms with Crippen molar-refractivity contribution in [3.05, 3.63) is 22.8 Å². The number of hydrogen-bond acceptors (Lipinski definition) is 2. The standard InChI is InChI=1S/C10H14Br2N2/c1-8(2)14(7-5-11)10-9(12)4-3-6-13-10/h3-4,6,8H,5,7H2,1-2H3. The van der Waals surface area contributed by atoms with E-state index >= 15 is 0 Å². The van der Waals surface area contributed by atoms with E-state index in [4.69, 9.17) is 0 Å². The number of halogens is 2. The van der Waals surface area contributed by atoms with E-state index in [0.29, 0.717) is 6.04 Å². The molecule has 4 heteroatoms. The second-order valence-corrected chi connectivity index (χ2v) is 4.93. The van der Waals surface area contributed by atoms with Crippen LogP contribution in [0.5, 0.6) is 0 Å². The third kappa shape index (κ3) is 2.95. The highest BCUT2D eigenvalue weighted by Gasteiger charge is 2.13. The zero-order chi connectivity index (χ0) is 10.6. The quantitative estimate of drug-likeness (QED) is 0.790. The Morgan fingerprint density at radius 1 is 1.50 bits per heavy atom. The van der Waals surface area contributed by atoms with Crippen molar-refractivity contribution in [1.29, 1.82) is 0 Å². The van der Waals surface area contributed by atoms with E-state index in [1.807, 2.05) is 18.3 Å². The molecule has 0 radical (unpaired) electrons. The summed E-state index contributed by atoms with van der Waals surface area (Å²) in [5.41, 5.74) is 0. The Kier molecular flexibility index (Phi) is 4.89. The maximum atomic E-state index is 4.38. The fraction of sp³-hybridized carbons (Fsp3) is 0.500. The molecule has 1 rings (SSSR count). The third-order valence-corrected chi connectivity index (χ3v) is 2.93. The summed E-state index contributed by atoms with van der Waals surface area (Å²) in [4.78, 5) is 6.64. The first kappa shape index (κ1) is 12.0. The SMILES string of the molecule is CC(C)N(CCBr)c1ncccc1Br. The summed E-state index contributed by atoms with van der Waals surface area (Å²) in [6.07, 6.45) is 1.82. The van der Waals surface area contributed by atoms with E-state index in [-0.39, 0.29) is 0 Å². The minimum absolute atomic E-state index is 0.457. The minimum atomic E-state index is 0.457. The molecule has 1 aromatic rings. The number of hydrogen-bond donors (Lipinski definition) is 0. The van der Waals surface area contributed by atoms with Gasteiger partial charge in [-0.1, -0.05) is 15.9 Å². The number of aromatic nitrogens is 1. The van der Waals surface area contributed by atoms with Crippen molar-refractivity contribution in [3.8, 4) is 0 Å². The monoisotopic (exact) mass is 320 g/mol. The number of pyridine rings is 1.